The number of hydrogen-bond donors (Lipinski definition) is 2. The van der Waals surface area contributed by atoms with Crippen molar-refractivity contribution in [2.24, 2.45) is 0 Å². The summed E-state index contributed by atoms with van der Waals surface area (Å²) in [5, 5.41) is 6.02. The fourth-order valence-corrected chi connectivity index (χ4v) is 3.30. The fraction of sp³-hybridized carbons (Fsp3) is 0.381. The first-order valence-corrected chi connectivity index (χ1v) is 9.14. The molecule has 1 aliphatic rings. The summed E-state index contributed by atoms with van der Waals surface area (Å²) in [6.45, 7) is 1.20. The van der Waals surface area contributed by atoms with Gasteiger partial charge in [0.1, 0.15) is 5.75 Å². The van der Waals surface area contributed by atoms with Crippen LogP contribution >= 0.6 is 0 Å². The number of methoxy groups -OCH3 is 1. The first kappa shape index (κ1) is 18.3. The Morgan fingerprint density at radius 2 is 1.92 bits per heavy atom. The van der Waals surface area contributed by atoms with Crippen LogP contribution in [-0.2, 0) is 11.2 Å². The molecular formula is C21H26N2O3. The van der Waals surface area contributed by atoms with Crippen molar-refractivity contribution in [3.05, 3.63) is 59.7 Å². The van der Waals surface area contributed by atoms with E-state index < -0.39 is 0 Å². The number of anilines is 1. The molecule has 0 saturated heterocycles. The highest BCUT2D eigenvalue weighted by Crippen LogP contribution is 2.30. The van der Waals surface area contributed by atoms with E-state index in [9.17, 15) is 4.79 Å². The van der Waals surface area contributed by atoms with Crippen molar-refractivity contribution in [2.75, 3.05) is 25.6 Å². The minimum absolute atomic E-state index is 0.0507. The van der Waals surface area contributed by atoms with E-state index in [-0.39, 0.29) is 12.1 Å². The van der Waals surface area contributed by atoms with Crippen LogP contribution in [0.3, 0.4) is 0 Å². The molecule has 1 unspecified atom stereocenters. The van der Waals surface area contributed by atoms with Crippen LogP contribution in [0, 0.1) is 0 Å². The number of ether oxygens (including phenoxy) is 2. The number of hydrogen-bond acceptors (Lipinski definition) is 3. The minimum atomic E-state index is -0.209. The molecule has 0 radical (unpaired) electrons. The summed E-state index contributed by atoms with van der Waals surface area (Å²) in [5.41, 5.74) is 3.22. The summed E-state index contributed by atoms with van der Waals surface area (Å²) < 4.78 is 10.8. The molecule has 0 heterocycles. The predicted molar refractivity (Wildman–Crippen MR) is 103 cm³/mol. The van der Waals surface area contributed by atoms with Gasteiger partial charge in [-0.3, -0.25) is 0 Å². The Hall–Kier alpha value is -2.53. The molecule has 0 fully saturated rings. The van der Waals surface area contributed by atoms with E-state index in [1.54, 1.807) is 7.11 Å². The van der Waals surface area contributed by atoms with Crippen LogP contribution in [0.25, 0.3) is 0 Å². The fourth-order valence-electron chi connectivity index (χ4n) is 3.30. The molecule has 1 atom stereocenters. The van der Waals surface area contributed by atoms with Crippen LogP contribution in [0.5, 0.6) is 5.75 Å². The van der Waals surface area contributed by atoms with Crippen LogP contribution in [0.2, 0.25) is 0 Å². The van der Waals surface area contributed by atoms with Gasteiger partial charge in [0.25, 0.3) is 0 Å². The van der Waals surface area contributed by atoms with Crippen LogP contribution in [0.1, 0.15) is 36.4 Å². The van der Waals surface area contributed by atoms with E-state index in [2.05, 4.69) is 28.8 Å². The molecule has 3 rings (SSSR count). The summed E-state index contributed by atoms with van der Waals surface area (Å²) in [6.07, 6.45) is 3.92. The Bertz CT molecular complexity index is 733. The summed E-state index contributed by atoms with van der Waals surface area (Å²) in [7, 11) is 1.67. The van der Waals surface area contributed by atoms with Crippen molar-refractivity contribution < 1.29 is 14.3 Å². The normalized spacial score (nSPS) is 15.8. The number of rotatable bonds is 7. The van der Waals surface area contributed by atoms with Gasteiger partial charge in [-0.05, 0) is 42.5 Å². The zero-order valence-corrected chi connectivity index (χ0v) is 15.2. The molecular weight excluding hydrogens is 328 g/mol. The lowest BCUT2D eigenvalue weighted by Crippen LogP contribution is -2.34. The highest BCUT2D eigenvalue weighted by Gasteiger charge is 2.21. The first-order chi connectivity index (χ1) is 12.8. The molecule has 0 aliphatic heterocycles. The molecule has 26 heavy (non-hydrogen) atoms. The summed E-state index contributed by atoms with van der Waals surface area (Å²) in [6, 6.07) is 15.7. The number of carbonyl (C=O) groups is 1. The summed E-state index contributed by atoms with van der Waals surface area (Å²) in [5.74, 6) is 0.669. The number of aryl methyl sites for hydroxylation is 1. The van der Waals surface area contributed by atoms with Gasteiger partial charge in [-0.1, -0.05) is 36.4 Å². The van der Waals surface area contributed by atoms with Crippen LogP contribution in [0.4, 0.5) is 10.5 Å². The summed E-state index contributed by atoms with van der Waals surface area (Å²) >= 11 is 0. The number of fused-ring (bicyclic) bond motifs is 1. The Morgan fingerprint density at radius 1 is 1.12 bits per heavy atom. The van der Waals surface area contributed by atoms with E-state index in [1.165, 1.54) is 11.1 Å². The van der Waals surface area contributed by atoms with E-state index >= 15 is 0 Å². The molecule has 2 aromatic carbocycles. The predicted octanol–water partition coefficient (Wildman–Crippen LogP) is 4.30. The van der Waals surface area contributed by atoms with Gasteiger partial charge in [0.2, 0.25) is 0 Å². The molecule has 0 saturated carbocycles. The van der Waals surface area contributed by atoms with Crippen LogP contribution < -0.4 is 15.4 Å². The van der Waals surface area contributed by atoms with Crippen molar-refractivity contribution in [2.45, 2.75) is 31.7 Å². The maximum absolute atomic E-state index is 12.5. The molecule has 5 heteroatoms. The van der Waals surface area contributed by atoms with Gasteiger partial charge in [0.15, 0.2) is 0 Å². The van der Waals surface area contributed by atoms with Crippen molar-refractivity contribution in [1.29, 1.82) is 0 Å². The number of carbonyl (C=O) groups excluding carboxylic acids is 1. The van der Waals surface area contributed by atoms with Crippen LogP contribution in [0.15, 0.2) is 48.5 Å². The molecule has 2 N–H and O–H groups in total. The maximum Gasteiger partial charge on any atom is 0.319 e. The second-order valence-electron chi connectivity index (χ2n) is 6.43. The Balaban J connectivity index is 1.61. The molecule has 2 amide bonds. The number of nitrogens with one attached hydrogen (secondary N) is 2. The van der Waals surface area contributed by atoms with Gasteiger partial charge >= 0.3 is 6.03 Å². The number of para-hydroxylation sites is 2. The van der Waals surface area contributed by atoms with Crippen molar-refractivity contribution in [3.63, 3.8) is 0 Å². The second-order valence-corrected chi connectivity index (χ2v) is 6.43. The number of amides is 2. The number of urea groups is 1. The van der Waals surface area contributed by atoms with Crippen LogP contribution in [-0.4, -0.2) is 26.4 Å². The monoisotopic (exact) mass is 354 g/mol. The zero-order valence-electron chi connectivity index (χ0n) is 15.2. The first-order valence-electron chi connectivity index (χ1n) is 9.14. The van der Waals surface area contributed by atoms with Crippen molar-refractivity contribution >= 4 is 11.7 Å². The molecule has 2 aromatic rings. The Labute approximate surface area is 154 Å². The maximum atomic E-state index is 12.5. The topological polar surface area (TPSA) is 59.6 Å². The van der Waals surface area contributed by atoms with Crippen molar-refractivity contribution in [3.8, 4) is 5.75 Å². The highest BCUT2D eigenvalue weighted by atomic mass is 16.5. The van der Waals surface area contributed by atoms with E-state index in [0.29, 0.717) is 24.7 Å². The smallest absolute Gasteiger partial charge is 0.319 e. The molecule has 5 nitrogen and oxygen atoms in total. The third-order valence-electron chi connectivity index (χ3n) is 4.56. The quantitative estimate of drug-likeness (QED) is 0.729. The van der Waals surface area contributed by atoms with Gasteiger partial charge in [-0.2, -0.15) is 0 Å². The average molecular weight is 354 g/mol. The molecule has 0 aromatic heterocycles. The van der Waals surface area contributed by atoms with E-state index in [4.69, 9.17) is 9.47 Å². The van der Waals surface area contributed by atoms with Crippen molar-refractivity contribution in [1.82, 2.24) is 5.32 Å². The molecule has 1 aliphatic carbocycles. The van der Waals surface area contributed by atoms with E-state index in [0.717, 1.165) is 25.7 Å². The van der Waals surface area contributed by atoms with E-state index in [1.807, 2.05) is 30.3 Å². The Kier molecular flexibility index (Phi) is 6.50. The number of benzene rings is 2. The second kappa shape index (κ2) is 9.25. The lowest BCUT2D eigenvalue weighted by atomic mass is 9.88. The zero-order chi connectivity index (χ0) is 18.2. The van der Waals surface area contributed by atoms with Gasteiger partial charge in [0.05, 0.1) is 18.3 Å². The highest BCUT2D eigenvalue weighted by molar-refractivity contribution is 5.91. The third kappa shape index (κ3) is 4.76. The summed E-state index contributed by atoms with van der Waals surface area (Å²) in [4.78, 5) is 12.5. The molecule has 138 valence electrons. The Morgan fingerprint density at radius 3 is 2.81 bits per heavy atom. The largest absolute Gasteiger partial charge is 0.491 e. The molecule has 0 spiro atoms. The lowest BCUT2D eigenvalue weighted by Gasteiger charge is -2.26. The van der Waals surface area contributed by atoms with Gasteiger partial charge < -0.3 is 20.1 Å². The third-order valence-corrected chi connectivity index (χ3v) is 4.56. The van der Waals surface area contributed by atoms with Gasteiger partial charge in [-0.25, -0.2) is 4.79 Å². The standard InChI is InChI=1S/C21H26N2O3/c1-25-14-7-15-26-20-13-5-4-11-19(20)23-21(24)22-18-12-6-9-16-8-2-3-10-17(16)18/h2-5,8,10-11,13,18H,6-7,9,12,14-15H2,1H3,(H2,22,23,24). The SMILES string of the molecule is COCCCOc1ccccc1NC(=O)NC1CCCc2ccccc21. The lowest BCUT2D eigenvalue weighted by molar-refractivity contribution is 0.172. The van der Waals surface area contributed by atoms with Gasteiger partial charge in [-0.15, -0.1) is 0 Å². The van der Waals surface area contributed by atoms with Gasteiger partial charge in [0, 0.05) is 20.1 Å². The minimum Gasteiger partial charge on any atom is -0.491 e. The average Bonchev–Trinajstić information content (AvgIpc) is 2.67. The molecule has 0 bridgehead atoms.